The van der Waals surface area contributed by atoms with E-state index in [0.717, 1.165) is 0 Å². The smallest absolute Gasteiger partial charge is 0.490 e. The van der Waals surface area contributed by atoms with Crippen LogP contribution in [0.2, 0.25) is 0 Å². The number of hydrogen-bond acceptors (Lipinski definition) is 5. The molecule has 2 heterocycles. The quantitative estimate of drug-likeness (QED) is 0.767. The number of rotatable bonds is 5. The molecule has 0 amide bonds. The summed E-state index contributed by atoms with van der Waals surface area (Å²) in [6, 6.07) is -0.674. The summed E-state index contributed by atoms with van der Waals surface area (Å²) in [4.78, 5) is 3.60. The Morgan fingerprint density at radius 1 is 1.30 bits per heavy atom. The number of nitrogens with zero attached hydrogens (tertiary/aromatic N) is 1. The van der Waals surface area contributed by atoms with Gasteiger partial charge in [-0.1, -0.05) is 0 Å². The molecule has 0 bridgehead atoms. The molecule has 6 heteroatoms. The van der Waals surface area contributed by atoms with Crippen molar-refractivity contribution in [2.45, 2.75) is 38.9 Å². The molecule has 0 saturated carbocycles. The van der Waals surface area contributed by atoms with Crippen molar-refractivity contribution in [2.75, 3.05) is 20.2 Å². The largest absolute Gasteiger partial charge is 0.496 e. The average Bonchev–Trinajstić information content (AvgIpc) is 2.68. The van der Waals surface area contributed by atoms with Gasteiger partial charge in [0.2, 0.25) is 0 Å². The summed E-state index contributed by atoms with van der Waals surface area (Å²) in [5.41, 5.74) is -1.89. The Balaban J connectivity index is 2.48. The van der Waals surface area contributed by atoms with Crippen LogP contribution in [0, 0.1) is 0 Å². The molecule has 2 rings (SSSR count). The van der Waals surface area contributed by atoms with Gasteiger partial charge in [-0.15, -0.1) is 0 Å². The molecule has 5 nitrogen and oxygen atoms in total. The Kier molecular flexibility index (Phi) is 1.93. The molecule has 1 aromatic rings. The van der Waals surface area contributed by atoms with E-state index in [-0.39, 0.29) is 5.46 Å². The molecular formula is C14H22BNO4. The fraction of sp³-hybridized carbons (Fsp3) is 0.643. The molecule has 1 fully saturated rings. The van der Waals surface area contributed by atoms with Gasteiger partial charge < -0.3 is 18.8 Å². The highest BCUT2D eigenvalue weighted by Gasteiger charge is 2.51. The van der Waals surface area contributed by atoms with Gasteiger partial charge in [-0.2, -0.15) is 0 Å². The van der Waals surface area contributed by atoms with E-state index in [9.17, 15) is 0 Å². The second-order valence-electron chi connectivity index (χ2n) is 5.20. The van der Waals surface area contributed by atoms with Crippen LogP contribution in [0.25, 0.3) is 0 Å². The molecular weight excluding hydrogens is 257 g/mol. The van der Waals surface area contributed by atoms with Crippen molar-refractivity contribution >= 4 is 12.6 Å². The molecule has 1 aliphatic rings. The zero-order valence-electron chi connectivity index (χ0n) is 21.7. The minimum absolute atomic E-state index is 0.243. The van der Waals surface area contributed by atoms with Crippen LogP contribution in [-0.4, -0.2) is 43.5 Å². The lowest BCUT2D eigenvalue weighted by Crippen LogP contribution is -2.41. The zero-order valence-corrected chi connectivity index (χ0v) is 11.7. The van der Waals surface area contributed by atoms with Crippen LogP contribution in [0.1, 0.15) is 41.4 Å². The SMILES string of the molecule is [2H]c1nc([2H])c(B2OC(C)(C)C(C)(C)O2)c([2H])c1OC([2H])([2H])C([2H])([2H])OC([2H])([2H])[2H]. The van der Waals surface area contributed by atoms with E-state index in [1.165, 1.54) is 0 Å². The summed E-state index contributed by atoms with van der Waals surface area (Å²) in [6.07, 6.45) is -1.35. The van der Waals surface area contributed by atoms with Crippen molar-refractivity contribution in [1.82, 2.24) is 4.98 Å². The van der Waals surface area contributed by atoms with Crippen molar-refractivity contribution in [2.24, 2.45) is 0 Å². The third-order valence-corrected chi connectivity index (χ3v) is 3.32. The first-order valence-corrected chi connectivity index (χ1v) is 5.93. The summed E-state index contributed by atoms with van der Waals surface area (Å²) in [5, 5.41) is 0. The minimum atomic E-state index is -3.47. The Morgan fingerprint density at radius 2 is 2.00 bits per heavy atom. The van der Waals surface area contributed by atoms with Gasteiger partial charge in [0.25, 0.3) is 0 Å². The molecule has 1 aromatic heterocycles. The van der Waals surface area contributed by atoms with Crippen molar-refractivity contribution in [3.63, 3.8) is 0 Å². The van der Waals surface area contributed by atoms with Gasteiger partial charge >= 0.3 is 7.12 Å². The monoisotopic (exact) mass is 289 g/mol. The van der Waals surface area contributed by atoms with E-state index >= 15 is 0 Å². The van der Waals surface area contributed by atoms with E-state index in [0.29, 0.717) is 0 Å². The van der Waals surface area contributed by atoms with Gasteiger partial charge in [-0.25, -0.2) is 0 Å². The molecule has 110 valence electrons. The lowest BCUT2D eigenvalue weighted by Gasteiger charge is -2.32. The van der Waals surface area contributed by atoms with E-state index in [1.807, 2.05) is 0 Å². The van der Waals surface area contributed by atoms with Crippen molar-refractivity contribution < 1.29 is 32.5 Å². The Bertz CT molecular complexity index is 814. The summed E-state index contributed by atoms with van der Waals surface area (Å²) < 4.78 is 96.5. The van der Waals surface area contributed by atoms with Gasteiger partial charge in [-0.3, -0.25) is 4.98 Å². The van der Waals surface area contributed by atoms with E-state index in [4.69, 9.17) is 27.8 Å². The Hall–Kier alpha value is -1.11. The lowest BCUT2D eigenvalue weighted by atomic mass is 9.80. The molecule has 1 aliphatic heterocycles. The highest BCUT2D eigenvalue weighted by Crippen LogP contribution is 2.36. The molecule has 0 N–H and O–H groups in total. The maximum absolute atomic E-state index is 8.31. The van der Waals surface area contributed by atoms with Crippen LogP contribution < -0.4 is 10.2 Å². The van der Waals surface area contributed by atoms with Gasteiger partial charge in [0.15, 0.2) is 0 Å². The zero-order chi connectivity index (χ0) is 23.5. The van der Waals surface area contributed by atoms with Crippen LogP contribution in [0.5, 0.6) is 5.75 Å². The second-order valence-corrected chi connectivity index (χ2v) is 5.20. The van der Waals surface area contributed by atoms with E-state index in [2.05, 4.69) is 9.72 Å². The number of pyridine rings is 1. The summed E-state index contributed by atoms with van der Waals surface area (Å²) >= 11 is 0. The standard InChI is InChI=1S/C14H22BNO4/c1-13(2)14(3,4)20-15(19-13)11-8-12(10-16-9-11)18-7-6-17-5/h8-10H,6-7H2,1-5H3/i5D3,6D2,7D2,8D,9D,10D. The number of methoxy groups -OCH3 is 1. The third-order valence-electron chi connectivity index (χ3n) is 3.32. The molecule has 0 radical (unpaired) electrons. The van der Waals surface area contributed by atoms with Crippen LogP contribution in [0.4, 0.5) is 0 Å². The van der Waals surface area contributed by atoms with Crippen molar-refractivity contribution in [1.29, 1.82) is 0 Å². The van der Waals surface area contributed by atoms with Gasteiger partial charge in [0.05, 0.1) is 37.6 Å². The predicted octanol–water partition coefficient (Wildman–Crippen LogP) is 1.41. The first-order chi connectivity index (χ1) is 13.2. The van der Waals surface area contributed by atoms with Crippen molar-refractivity contribution in [3.05, 3.63) is 18.4 Å². The number of hydrogen-bond donors (Lipinski definition) is 0. The van der Waals surface area contributed by atoms with Crippen LogP contribution in [-0.2, 0) is 14.0 Å². The molecule has 1 saturated heterocycles. The van der Waals surface area contributed by atoms with Crippen LogP contribution >= 0.6 is 0 Å². The molecule has 0 aliphatic carbocycles. The lowest BCUT2D eigenvalue weighted by molar-refractivity contribution is 0.00578. The Morgan fingerprint density at radius 3 is 2.65 bits per heavy atom. The maximum atomic E-state index is 8.31. The first-order valence-electron chi connectivity index (χ1n) is 10.9. The third kappa shape index (κ3) is 3.14. The number of ether oxygens (including phenoxy) is 2. The van der Waals surface area contributed by atoms with Gasteiger partial charge in [-0.05, 0) is 33.7 Å². The summed E-state index contributed by atoms with van der Waals surface area (Å²) in [6.45, 7) is 0.0612. The van der Waals surface area contributed by atoms with E-state index in [1.54, 1.807) is 27.7 Å². The molecule has 0 unspecified atom stereocenters. The number of aromatic nitrogens is 1. The Labute approximate surface area is 134 Å². The molecule has 0 aromatic carbocycles. The average molecular weight is 289 g/mol. The molecule has 20 heavy (non-hydrogen) atoms. The fourth-order valence-corrected chi connectivity index (χ4v) is 1.53. The molecule has 0 atom stereocenters. The topological polar surface area (TPSA) is 49.8 Å². The van der Waals surface area contributed by atoms with Crippen LogP contribution in [0.15, 0.2) is 18.4 Å². The fourth-order valence-electron chi connectivity index (χ4n) is 1.53. The highest BCUT2D eigenvalue weighted by molar-refractivity contribution is 6.62. The van der Waals surface area contributed by atoms with E-state index < -0.39 is 62.6 Å². The van der Waals surface area contributed by atoms with Gasteiger partial charge in [0.1, 0.15) is 12.3 Å². The predicted molar refractivity (Wildman–Crippen MR) is 77.3 cm³/mol. The molecule has 0 spiro atoms. The summed E-state index contributed by atoms with van der Waals surface area (Å²) in [5.74, 6) is -0.821. The normalized spacial score (nSPS) is 29.5. The minimum Gasteiger partial charge on any atom is -0.490 e. The van der Waals surface area contributed by atoms with Crippen LogP contribution in [0.3, 0.4) is 0 Å². The highest BCUT2D eigenvalue weighted by atomic mass is 16.7. The van der Waals surface area contributed by atoms with Crippen molar-refractivity contribution in [3.8, 4) is 5.75 Å². The van der Waals surface area contributed by atoms with Gasteiger partial charge in [0, 0.05) is 18.7 Å². The first kappa shape index (κ1) is 6.77. The summed E-state index contributed by atoms with van der Waals surface area (Å²) in [7, 11) is -4.52. The maximum Gasteiger partial charge on any atom is 0.496 e. The second kappa shape index (κ2) is 5.72.